The number of carbonyl (C=O) groups excluding carboxylic acids is 1. The summed E-state index contributed by atoms with van der Waals surface area (Å²) < 4.78 is 5.50. The number of ether oxygens (including phenoxy) is 1. The topological polar surface area (TPSA) is 32.8 Å². The van der Waals surface area contributed by atoms with Crippen LogP contribution in [0.2, 0.25) is 0 Å². The number of likely N-dealkylation sites (N-methyl/N-ethyl adjacent to an activating group) is 1. The molecule has 4 nitrogen and oxygen atoms in total. The number of hydrogen-bond donors (Lipinski definition) is 0. The minimum Gasteiger partial charge on any atom is -0.439 e. The fourth-order valence-electron chi connectivity index (χ4n) is 2.30. The summed E-state index contributed by atoms with van der Waals surface area (Å²) >= 11 is 0. The van der Waals surface area contributed by atoms with Gasteiger partial charge in [-0.2, -0.15) is 0 Å². The Balaban J connectivity index is 2.09. The lowest BCUT2D eigenvalue weighted by molar-refractivity contribution is 0.0655. The first-order valence-electron chi connectivity index (χ1n) is 5.21. The maximum atomic E-state index is 11.6. The van der Waals surface area contributed by atoms with Crippen molar-refractivity contribution in [2.75, 3.05) is 26.7 Å². The molecule has 0 N–H and O–H groups in total. The maximum absolute atomic E-state index is 11.6. The second-order valence-electron chi connectivity index (χ2n) is 4.76. The highest BCUT2D eigenvalue weighted by molar-refractivity contribution is 5.71. The molecule has 1 atom stereocenters. The van der Waals surface area contributed by atoms with Crippen molar-refractivity contribution in [2.45, 2.75) is 31.9 Å². The highest BCUT2D eigenvalue weighted by Gasteiger charge is 2.49. The zero-order valence-corrected chi connectivity index (χ0v) is 9.12. The Morgan fingerprint density at radius 3 is 2.57 bits per heavy atom. The van der Waals surface area contributed by atoms with Gasteiger partial charge in [-0.15, -0.1) is 0 Å². The Hall–Kier alpha value is -0.770. The van der Waals surface area contributed by atoms with Gasteiger partial charge in [0.15, 0.2) is 0 Å². The van der Waals surface area contributed by atoms with Crippen LogP contribution in [0.1, 0.15) is 20.3 Å². The summed E-state index contributed by atoms with van der Waals surface area (Å²) in [7, 11) is 2.07. The molecule has 0 aliphatic carbocycles. The SMILES string of the molecule is CC(C)N1CC2(CCN(C)C2)OC1=O. The van der Waals surface area contributed by atoms with Gasteiger partial charge in [-0.25, -0.2) is 4.79 Å². The van der Waals surface area contributed by atoms with Crippen molar-refractivity contribution < 1.29 is 9.53 Å². The average molecular weight is 198 g/mol. The lowest BCUT2D eigenvalue weighted by Gasteiger charge is -2.21. The molecule has 1 amide bonds. The molecule has 2 aliphatic heterocycles. The van der Waals surface area contributed by atoms with E-state index in [4.69, 9.17) is 4.74 Å². The quantitative estimate of drug-likeness (QED) is 0.628. The van der Waals surface area contributed by atoms with E-state index in [0.29, 0.717) is 0 Å². The van der Waals surface area contributed by atoms with Gasteiger partial charge < -0.3 is 14.5 Å². The van der Waals surface area contributed by atoms with Crippen molar-refractivity contribution >= 4 is 6.09 Å². The molecule has 2 aliphatic rings. The molecule has 2 saturated heterocycles. The van der Waals surface area contributed by atoms with Gasteiger partial charge in [0.05, 0.1) is 6.54 Å². The van der Waals surface area contributed by atoms with Crippen LogP contribution in [0.4, 0.5) is 4.79 Å². The predicted octanol–water partition coefficient (Wildman–Crippen LogP) is 0.921. The first-order chi connectivity index (χ1) is 6.52. The van der Waals surface area contributed by atoms with Crippen molar-refractivity contribution in [2.24, 2.45) is 0 Å². The third-order valence-electron chi connectivity index (χ3n) is 3.13. The Morgan fingerprint density at radius 1 is 1.43 bits per heavy atom. The van der Waals surface area contributed by atoms with Crippen LogP contribution in [0.15, 0.2) is 0 Å². The molecule has 0 aromatic carbocycles. The number of rotatable bonds is 1. The van der Waals surface area contributed by atoms with Crippen molar-refractivity contribution in [3.8, 4) is 0 Å². The molecule has 1 unspecified atom stereocenters. The van der Waals surface area contributed by atoms with Gasteiger partial charge in [-0.3, -0.25) is 0 Å². The largest absolute Gasteiger partial charge is 0.439 e. The Kier molecular flexibility index (Phi) is 2.18. The van der Waals surface area contributed by atoms with Gasteiger partial charge >= 0.3 is 6.09 Å². The third kappa shape index (κ3) is 1.47. The van der Waals surface area contributed by atoms with Crippen molar-refractivity contribution in [1.82, 2.24) is 9.80 Å². The summed E-state index contributed by atoms with van der Waals surface area (Å²) in [5.74, 6) is 0. The normalized spacial score (nSPS) is 33.4. The predicted molar refractivity (Wildman–Crippen MR) is 53.2 cm³/mol. The van der Waals surface area contributed by atoms with Crippen LogP contribution < -0.4 is 0 Å². The summed E-state index contributed by atoms with van der Waals surface area (Å²) in [5.41, 5.74) is -0.212. The summed E-state index contributed by atoms with van der Waals surface area (Å²) in [6.45, 7) is 6.72. The first-order valence-corrected chi connectivity index (χ1v) is 5.21. The second-order valence-corrected chi connectivity index (χ2v) is 4.76. The van der Waals surface area contributed by atoms with Gasteiger partial charge in [-0.1, -0.05) is 0 Å². The Bertz CT molecular complexity index is 255. The summed E-state index contributed by atoms with van der Waals surface area (Å²) in [6, 6.07) is 0.243. The van der Waals surface area contributed by atoms with Gasteiger partial charge in [0, 0.05) is 25.6 Å². The molecule has 1 spiro atoms. The number of amides is 1. The average Bonchev–Trinajstić information content (AvgIpc) is 2.57. The molecule has 0 bridgehead atoms. The van der Waals surface area contributed by atoms with Crippen LogP contribution >= 0.6 is 0 Å². The van der Waals surface area contributed by atoms with Gasteiger partial charge in [0.2, 0.25) is 0 Å². The molecule has 0 radical (unpaired) electrons. The minimum absolute atomic E-state index is 0.143. The number of hydrogen-bond acceptors (Lipinski definition) is 3. The molecule has 2 fully saturated rings. The fraction of sp³-hybridized carbons (Fsp3) is 0.900. The molecule has 0 aromatic heterocycles. The van der Waals surface area contributed by atoms with E-state index in [-0.39, 0.29) is 17.7 Å². The lowest BCUT2D eigenvalue weighted by Crippen LogP contribution is -2.38. The zero-order chi connectivity index (χ0) is 10.3. The second kappa shape index (κ2) is 3.12. The molecule has 0 aromatic rings. The van der Waals surface area contributed by atoms with E-state index in [1.807, 2.05) is 18.7 Å². The summed E-state index contributed by atoms with van der Waals surface area (Å²) in [4.78, 5) is 15.6. The smallest absolute Gasteiger partial charge is 0.410 e. The third-order valence-corrected chi connectivity index (χ3v) is 3.13. The van der Waals surface area contributed by atoms with Crippen molar-refractivity contribution in [3.63, 3.8) is 0 Å². The highest BCUT2D eigenvalue weighted by atomic mass is 16.6. The lowest BCUT2D eigenvalue weighted by atomic mass is 10.0. The van der Waals surface area contributed by atoms with Crippen LogP contribution in [0.5, 0.6) is 0 Å². The van der Waals surface area contributed by atoms with Gasteiger partial charge in [0.1, 0.15) is 5.60 Å². The first kappa shape index (κ1) is 9.77. The maximum Gasteiger partial charge on any atom is 0.410 e. The Morgan fingerprint density at radius 2 is 2.14 bits per heavy atom. The molecule has 2 heterocycles. The van der Waals surface area contributed by atoms with Crippen molar-refractivity contribution in [3.05, 3.63) is 0 Å². The number of carbonyl (C=O) groups is 1. The number of nitrogens with zero attached hydrogens (tertiary/aromatic N) is 2. The molecule has 80 valence electrons. The van der Waals surface area contributed by atoms with Crippen molar-refractivity contribution in [1.29, 1.82) is 0 Å². The molecule has 0 saturated carbocycles. The Labute approximate surface area is 84.8 Å². The number of likely N-dealkylation sites (tertiary alicyclic amines) is 1. The molecule has 2 rings (SSSR count). The standard InChI is InChI=1S/C10H18N2O2/c1-8(2)12-7-10(14-9(12)13)4-5-11(3)6-10/h8H,4-7H2,1-3H3. The van der Waals surface area contributed by atoms with E-state index in [0.717, 1.165) is 26.1 Å². The minimum atomic E-state index is -0.212. The molecular formula is C10H18N2O2. The van der Waals surface area contributed by atoms with E-state index in [9.17, 15) is 4.79 Å². The molecule has 4 heteroatoms. The van der Waals surface area contributed by atoms with E-state index in [1.165, 1.54) is 0 Å². The highest BCUT2D eigenvalue weighted by Crippen LogP contribution is 2.32. The zero-order valence-electron chi connectivity index (χ0n) is 9.12. The van der Waals surface area contributed by atoms with E-state index in [2.05, 4.69) is 11.9 Å². The van der Waals surface area contributed by atoms with Crippen LogP contribution in [-0.2, 0) is 4.74 Å². The van der Waals surface area contributed by atoms with Crippen LogP contribution in [0.3, 0.4) is 0 Å². The summed E-state index contributed by atoms with van der Waals surface area (Å²) in [6.07, 6.45) is 0.827. The van der Waals surface area contributed by atoms with Crippen LogP contribution in [-0.4, -0.2) is 54.2 Å². The van der Waals surface area contributed by atoms with E-state index < -0.39 is 0 Å². The molecule has 14 heavy (non-hydrogen) atoms. The van der Waals surface area contributed by atoms with Crippen LogP contribution in [0, 0.1) is 0 Å². The molecular weight excluding hydrogens is 180 g/mol. The monoisotopic (exact) mass is 198 g/mol. The van der Waals surface area contributed by atoms with Crippen LogP contribution in [0.25, 0.3) is 0 Å². The van der Waals surface area contributed by atoms with Gasteiger partial charge in [0.25, 0.3) is 0 Å². The van der Waals surface area contributed by atoms with E-state index >= 15 is 0 Å². The summed E-state index contributed by atoms with van der Waals surface area (Å²) in [5, 5.41) is 0. The fourth-order valence-corrected chi connectivity index (χ4v) is 2.30. The van der Waals surface area contributed by atoms with Gasteiger partial charge in [-0.05, 0) is 20.9 Å². The van der Waals surface area contributed by atoms with E-state index in [1.54, 1.807) is 0 Å².